The van der Waals surface area contributed by atoms with Gasteiger partial charge in [-0.15, -0.1) is 0 Å². The monoisotopic (exact) mass is 209 g/mol. The van der Waals surface area contributed by atoms with Crippen LogP contribution >= 0.6 is 0 Å². The standard InChI is InChI=1S/C11H19N3O/c1-3-9-7-10(14(4-2)13-9)8-11(15)5-6-12/h7H,3-6,8,12H2,1-2H3. The van der Waals surface area contributed by atoms with Gasteiger partial charge in [0.2, 0.25) is 0 Å². The van der Waals surface area contributed by atoms with Gasteiger partial charge in [0.1, 0.15) is 5.78 Å². The molecule has 0 bridgehead atoms. The highest BCUT2D eigenvalue weighted by molar-refractivity contribution is 5.80. The third-order valence-corrected chi connectivity index (χ3v) is 2.38. The van der Waals surface area contributed by atoms with Crippen LogP contribution in [0, 0.1) is 0 Å². The molecule has 2 N–H and O–H groups in total. The number of hydrogen-bond donors (Lipinski definition) is 1. The van der Waals surface area contributed by atoms with Crippen LogP contribution in [-0.2, 0) is 24.2 Å². The summed E-state index contributed by atoms with van der Waals surface area (Å²) in [6.07, 6.45) is 1.82. The molecule has 0 aliphatic carbocycles. The van der Waals surface area contributed by atoms with Crippen LogP contribution in [0.25, 0.3) is 0 Å². The summed E-state index contributed by atoms with van der Waals surface area (Å²) in [5, 5.41) is 4.39. The van der Waals surface area contributed by atoms with Crippen LogP contribution in [0.15, 0.2) is 6.07 Å². The lowest BCUT2D eigenvalue weighted by Crippen LogP contribution is -2.13. The molecule has 0 aromatic carbocycles. The van der Waals surface area contributed by atoms with Crippen LogP contribution in [0.5, 0.6) is 0 Å². The van der Waals surface area contributed by atoms with E-state index in [0.29, 0.717) is 19.4 Å². The summed E-state index contributed by atoms with van der Waals surface area (Å²) in [7, 11) is 0. The molecule has 0 spiro atoms. The SMILES string of the molecule is CCc1cc(CC(=O)CCN)n(CC)n1. The molecule has 0 radical (unpaired) electrons. The van der Waals surface area contributed by atoms with E-state index in [1.807, 2.05) is 17.7 Å². The number of aromatic nitrogens is 2. The van der Waals surface area contributed by atoms with Crippen molar-refractivity contribution >= 4 is 5.78 Å². The number of rotatable bonds is 6. The van der Waals surface area contributed by atoms with E-state index in [1.165, 1.54) is 0 Å². The Labute approximate surface area is 90.5 Å². The molecule has 0 saturated heterocycles. The molecule has 0 atom stereocenters. The number of nitrogens with zero attached hydrogens (tertiary/aromatic N) is 2. The van der Waals surface area contributed by atoms with E-state index in [4.69, 9.17) is 5.73 Å². The summed E-state index contributed by atoms with van der Waals surface area (Å²) in [5.74, 6) is 0.190. The first kappa shape index (κ1) is 11.9. The Balaban J connectivity index is 2.74. The summed E-state index contributed by atoms with van der Waals surface area (Å²) in [6, 6.07) is 2.01. The van der Waals surface area contributed by atoms with Gasteiger partial charge in [-0.1, -0.05) is 6.92 Å². The fraction of sp³-hybridized carbons (Fsp3) is 0.636. The third-order valence-electron chi connectivity index (χ3n) is 2.38. The molecule has 4 heteroatoms. The van der Waals surface area contributed by atoms with Crippen molar-refractivity contribution < 1.29 is 4.79 Å². The lowest BCUT2D eigenvalue weighted by Gasteiger charge is -2.02. The first-order valence-electron chi connectivity index (χ1n) is 5.48. The highest BCUT2D eigenvalue weighted by Crippen LogP contribution is 2.07. The maximum Gasteiger partial charge on any atom is 0.140 e. The lowest BCUT2D eigenvalue weighted by atomic mass is 10.1. The Morgan fingerprint density at radius 1 is 1.53 bits per heavy atom. The van der Waals surface area contributed by atoms with E-state index in [9.17, 15) is 4.79 Å². The van der Waals surface area contributed by atoms with Gasteiger partial charge in [-0.3, -0.25) is 9.48 Å². The van der Waals surface area contributed by atoms with Crippen LogP contribution < -0.4 is 5.73 Å². The Kier molecular flexibility index (Phi) is 4.49. The van der Waals surface area contributed by atoms with Gasteiger partial charge in [0.05, 0.1) is 5.69 Å². The topological polar surface area (TPSA) is 60.9 Å². The van der Waals surface area contributed by atoms with Crippen molar-refractivity contribution in [2.45, 2.75) is 39.7 Å². The number of aryl methyl sites for hydroxylation is 2. The molecule has 1 heterocycles. The van der Waals surface area contributed by atoms with Crippen molar-refractivity contribution in [3.8, 4) is 0 Å². The van der Waals surface area contributed by atoms with Gasteiger partial charge in [0, 0.05) is 25.1 Å². The molecule has 1 aromatic heterocycles. The zero-order valence-electron chi connectivity index (χ0n) is 9.49. The second-order valence-electron chi connectivity index (χ2n) is 3.55. The molecule has 0 amide bonds. The van der Waals surface area contributed by atoms with Gasteiger partial charge in [-0.05, 0) is 26.0 Å². The smallest absolute Gasteiger partial charge is 0.140 e. The van der Waals surface area contributed by atoms with Crippen LogP contribution in [0.1, 0.15) is 31.7 Å². The quantitative estimate of drug-likeness (QED) is 0.758. The minimum Gasteiger partial charge on any atom is -0.330 e. The largest absolute Gasteiger partial charge is 0.330 e. The second kappa shape index (κ2) is 5.66. The van der Waals surface area contributed by atoms with E-state index >= 15 is 0 Å². The van der Waals surface area contributed by atoms with Crippen molar-refractivity contribution in [2.24, 2.45) is 5.73 Å². The average molecular weight is 209 g/mol. The number of carbonyl (C=O) groups is 1. The van der Waals surface area contributed by atoms with Crippen LogP contribution in [0.4, 0.5) is 0 Å². The van der Waals surface area contributed by atoms with Gasteiger partial charge >= 0.3 is 0 Å². The highest BCUT2D eigenvalue weighted by Gasteiger charge is 2.09. The highest BCUT2D eigenvalue weighted by atomic mass is 16.1. The zero-order valence-corrected chi connectivity index (χ0v) is 9.49. The van der Waals surface area contributed by atoms with Crippen LogP contribution in [0.2, 0.25) is 0 Å². The van der Waals surface area contributed by atoms with Crippen LogP contribution in [-0.4, -0.2) is 22.1 Å². The molecular weight excluding hydrogens is 190 g/mol. The molecule has 1 rings (SSSR count). The maximum absolute atomic E-state index is 11.5. The van der Waals surface area contributed by atoms with Crippen molar-refractivity contribution in [2.75, 3.05) is 6.54 Å². The molecular formula is C11H19N3O. The van der Waals surface area contributed by atoms with Crippen molar-refractivity contribution in [1.82, 2.24) is 9.78 Å². The Morgan fingerprint density at radius 3 is 2.80 bits per heavy atom. The predicted molar refractivity (Wildman–Crippen MR) is 59.7 cm³/mol. The van der Waals surface area contributed by atoms with E-state index < -0.39 is 0 Å². The lowest BCUT2D eigenvalue weighted by molar-refractivity contribution is -0.118. The molecule has 0 fully saturated rings. The zero-order chi connectivity index (χ0) is 11.3. The van der Waals surface area contributed by atoms with E-state index in [0.717, 1.165) is 24.4 Å². The van der Waals surface area contributed by atoms with Gasteiger partial charge in [-0.2, -0.15) is 5.10 Å². The first-order chi connectivity index (χ1) is 7.21. The number of nitrogens with two attached hydrogens (primary N) is 1. The fourth-order valence-corrected chi connectivity index (χ4v) is 1.56. The molecule has 1 aromatic rings. The minimum atomic E-state index is 0.190. The summed E-state index contributed by atoms with van der Waals surface area (Å²) >= 11 is 0. The van der Waals surface area contributed by atoms with Crippen molar-refractivity contribution in [3.05, 3.63) is 17.5 Å². The summed E-state index contributed by atoms with van der Waals surface area (Å²) < 4.78 is 1.90. The van der Waals surface area contributed by atoms with Crippen molar-refractivity contribution in [3.63, 3.8) is 0 Å². The molecule has 84 valence electrons. The van der Waals surface area contributed by atoms with Gasteiger partial charge in [-0.25, -0.2) is 0 Å². The Bertz CT molecular complexity index is 331. The van der Waals surface area contributed by atoms with Gasteiger partial charge in [0.15, 0.2) is 0 Å². The van der Waals surface area contributed by atoms with Crippen LogP contribution in [0.3, 0.4) is 0 Å². The maximum atomic E-state index is 11.5. The van der Waals surface area contributed by atoms with Crippen molar-refractivity contribution in [1.29, 1.82) is 0 Å². The summed E-state index contributed by atoms with van der Waals surface area (Å²) in [6.45, 7) is 5.34. The minimum absolute atomic E-state index is 0.190. The number of ketones is 1. The Morgan fingerprint density at radius 2 is 2.27 bits per heavy atom. The first-order valence-corrected chi connectivity index (χ1v) is 5.48. The van der Waals surface area contributed by atoms with Gasteiger partial charge in [0.25, 0.3) is 0 Å². The molecule has 0 aliphatic rings. The van der Waals surface area contributed by atoms with Gasteiger partial charge < -0.3 is 5.73 Å². The van der Waals surface area contributed by atoms with E-state index in [1.54, 1.807) is 0 Å². The summed E-state index contributed by atoms with van der Waals surface area (Å²) in [5.41, 5.74) is 7.40. The average Bonchev–Trinajstić information content (AvgIpc) is 2.60. The van der Waals surface area contributed by atoms with E-state index in [-0.39, 0.29) is 5.78 Å². The second-order valence-corrected chi connectivity index (χ2v) is 3.55. The number of carbonyl (C=O) groups excluding carboxylic acids is 1. The molecule has 4 nitrogen and oxygen atoms in total. The fourth-order valence-electron chi connectivity index (χ4n) is 1.56. The number of Topliss-reactive ketones (excluding diaryl/α,β-unsaturated/α-hetero) is 1. The van der Waals surface area contributed by atoms with E-state index in [2.05, 4.69) is 12.0 Å². The third kappa shape index (κ3) is 3.16. The normalized spacial score (nSPS) is 10.6. The Hall–Kier alpha value is -1.16. The molecule has 0 saturated carbocycles. The molecule has 0 unspecified atom stereocenters. The summed E-state index contributed by atoms with van der Waals surface area (Å²) in [4.78, 5) is 11.5. The molecule has 0 aliphatic heterocycles. The number of hydrogen-bond acceptors (Lipinski definition) is 3. The predicted octanol–water partition coefficient (Wildman–Crippen LogP) is 0.926. The molecule has 15 heavy (non-hydrogen) atoms.